The van der Waals surface area contributed by atoms with Crippen LogP contribution in [0, 0.1) is 0 Å². The van der Waals surface area contributed by atoms with E-state index in [9.17, 15) is 4.79 Å². The first-order valence-corrected chi connectivity index (χ1v) is 8.65. The first-order chi connectivity index (χ1) is 12.7. The molecule has 0 aliphatic rings. The molecule has 1 aromatic carbocycles. The number of aryl methyl sites for hydroxylation is 1. The van der Waals surface area contributed by atoms with Gasteiger partial charge in [-0.1, -0.05) is 18.2 Å². The molecule has 26 heavy (non-hydrogen) atoms. The average Bonchev–Trinajstić information content (AvgIpc) is 3.19. The van der Waals surface area contributed by atoms with Crippen LogP contribution in [0.1, 0.15) is 36.4 Å². The minimum atomic E-state index is -0.0995. The van der Waals surface area contributed by atoms with Gasteiger partial charge in [0.25, 0.3) is 0 Å². The Hall–Kier alpha value is -3.08. The van der Waals surface area contributed by atoms with Crippen LogP contribution in [-0.4, -0.2) is 10.9 Å². The van der Waals surface area contributed by atoms with Crippen LogP contribution in [0.4, 0.5) is 0 Å². The molecule has 3 rings (SSSR count). The molecule has 5 heteroatoms. The largest absolute Gasteiger partial charge is 0.487 e. The molecule has 0 aliphatic carbocycles. The summed E-state index contributed by atoms with van der Waals surface area (Å²) in [5.41, 5.74) is 1.87. The molecule has 1 amide bonds. The molecule has 3 aromatic rings. The number of nitrogens with zero attached hydrogens (tertiary/aromatic N) is 1. The van der Waals surface area contributed by atoms with Gasteiger partial charge in [-0.2, -0.15) is 0 Å². The summed E-state index contributed by atoms with van der Waals surface area (Å²) in [4.78, 5) is 16.4. The zero-order chi connectivity index (χ0) is 18.2. The molecule has 1 atom stereocenters. The number of nitrogens with one attached hydrogen (secondary N) is 1. The predicted octanol–water partition coefficient (Wildman–Crippen LogP) is 4.06. The van der Waals surface area contributed by atoms with Crippen molar-refractivity contribution in [2.24, 2.45) is 0 Å². The van der Waals surface area contributed by atoms with Crippen molar-refractivity contribution in [3.63, 3.8) is 0 Å². The van der Waals surface area contributed by atoms with Crippen LogP contribution in [0.5, 0.6) is 5.75 Å². The Bertz CT molecular complexity index is 816. The fourth-order valence-electron chi connectivity index (χ4n) is 2.60. The molecular formula is C21H22N2O3. The molecule has 134 valence electrons. The lowest BCUT2D eigenvalue weighted by Crippen LogP contribution is -2.26. The van der Waals surface area contributed by atoms with Crippen LogP contribution in [0.3, 0.4) is 0 Å². The van der Waals surface area contributed by atoms with Gasteiger partial charge in [-0.05, 0) is 48.9 Å². The molecule has 5 nitrogen and oxygen atoms in total. The van der Waals surface area contributed by atoms with E-state index in [1.807, 2.05) is 61.5 Å². The van der Waals surface area contributed by atoms with Gasteiger partial charge in [0.1, 0.15) is 18.1 Å². The summed E-state index contributed by atoms with van der Waals surface area (Å²) in [5, 5.41) is 3.01. The average molecular weight is 350 g/mol. The van der Waals surface area contributed by atoms with Crippen molar-refractivity contribution in [1.29, 1.82) is 0 Å². The van der Waals surface area contributed by atoms with Gasteiger partial charge < -0.3 is 14.5 Å². The van der Waals surface area contributed by atoms with Crippen LogP contribution in [0.2, 0.25) is 0 Å². The lowest BCUT2D eigenvalue weighted by Gasteiger charge is -2.15. The summed E-state index contributed by atoms with van der Waals surface area (Å²) in [6.07, 6.45) is 4.36. The Kier molecular flexibility index (Phi) is 6.04. The summed E-state index contributed by atoms with van der Waals surface area (Å²) >= 11 is 0. The molecule has 0 saturated carbocycles. The van der Waals surface area contributed by atoms with E-state index in [2.05, 4.69) is 10.3 Å². The van der Waals surface area contributed by atoms with Gasteiger partial charge >= 0.3 is 0 Å². The number of carbonyl (C=O) groups is 1. The molecule has 1 N–H and O–H groups in total. The molecule has 2 aromatic heterocycles. The van der Waals surface area contributed by atoms with Gasteiger partial charge in [-0.3, -0.25) is 9.78 Å². The second-order valence-electron chi connectivity index (χ2n) is 6.05. The highest BCUT2D eigenvalue weighted by Crippen LogP contribution is 2.20. The second-order valence-corrected chi connectivity index (χ2v) is 6.05. The zero-order valence-electron chi connectivity index (χ0n) is 14.7. The molecule has 0 radical (unpaired) electrons. The second kappa shape index (κ2) is 8.85. The fraction of sp³-hybridized carbons (Fsp3) is 0.238. The molecule has 0 saturated heterocycles. The number of furan rings is 1. The van der Waals surface area contributed by atoms with E-state index in [4.69, 9.17) is 9.15 Å². The third-order valence-corrected chi connectivity index (χ3v) is 4.03. The van der Waals surface area contributed by atoms with Gasteiger partial charge in [0.2, 0.25) is 5.91 Å². The molecule has 0 unspecified atom stereocenters. The number of pyridine rings is 1. The van der Waals surface area contributed by atoms with Crippen LogP contribution in [-0.2, 0) is 17.8 Å². The van der Waals surface area contributed by atoms with E-state index in [0.29, 0.717) is 19.4 Å². The van der Waals surface area contributed by atoms with Crippen LogP contribution in [0.25, 0.3) is 0 Å². The monoisotopic (exact) mass is 350 g/mol. The maximum Gasteiger partial charge on any atom is 0.220 e. The van der Waals surface area contributed by atoms with E-state index in [-0.39, 0.29) is 11.9 Å². The van der Waals surface area contributed by atoms with Crippen LogP contribution >= 0.6 is 0 Å². The van der Waals surface area contributed by atoms with E-state index >= 15 is 0 Å². The summed E-state index contributed by atoms with van der Waals surface area (Å²) in [6, 6.07) is 17.1. The van der Waals surface area contributed by atoms with Crippen molar-refractivity contribution in [2.45, 2.75) is 32.4 Å². The Morgan fingerprint density at radius 3 is 2.88 bits per heavy atom. The van der Waals surface area contributed by atoms with Crippen LogP contribution in [0.15, 0.2) is 71.5 Å². The number of ether oxygens (including phenoxy) is 1. The molecule has 2 heterocycles. The lowest BCUT2D eigenvalue weighted by atomic mass is 10.1. The molecule has 0 aliphatic heterocycles. The SMILES string of the molecule is C[C@@H](NC(=O)CCc1ccco1)c1cccc(OCc2ccccn2)c1. The number of aromatic nitrogens is 1. The Morgan fingerprint density at radius 2 is 2.12 bits per heavy atom. The van der Waals surface area contributed by atoms with Crippen molar-refractivity contribution in [3.8, 4) is 5.75 Å². The number of benzene rings is 1. The summed E-state index contributed by atoms with van der Waals surface area (Å²) in [5.74, 6) is 1.57. The maximum atomic E-state index is 12.1. The van der Waals surface area contributed by atoms with Crippen molar-refractivity contribution in [1.82, 2.24) is 10.3 Å². The first-order valence-electron chi connectivity index (χ1n) is 8.65. The topological polar surface area (TPSA) is 64.4 Å². The van der Waals surface area contributed by atoms with Gasteiger partial charge in [-0.15, -0.1) is 0 Å². The van der Waals surface area contributed by atoms with Gasteiger partial charge in [0.15, 0.2) is 0 Å². The summed E-state index contributed by atoms with van der Waals surface area (Å²) in [7, 11) is 0. The van der Waals surface area contributed by atoms with Crippen LogP contribution < -0.4 is 10.1 Å². The third-order valence-electron chi connectivity index (χ3n) is 4.03. The van der Waals surface area contributed by atoms with Gasteiger partial charge in [-0.25, -0.2) is 0 Å². The molecular weight excluding hydrogens is 328 g/mol. The van der Waals surface area contributed by atoms with E-state index in [0.717, 1.165) is 22.8 Å². The highest BCUT2D eigenvalue weighted by Gasteiger charge is 2.11. The van der Waals surface area contributed by atoms with Gasteiger partial charge in [0.05, 0.1) is 18.0 Å². The van der Waals surface area contributed by atoms with Crippen molar-refractivity contribution >= 4 is 5.91 Å². The Balaban J connectivity index is 1.52. The zero-order valence-corrected chi connectivity index (χ0v) is 14.7. The highest BCUT2D eigenvalue weighted by atomic mass is 16.5. The lowest BCUT2D eigenvalue weighted by molar-refractivity contribution is -0.121. The normalized spacial score (nSPS) is 11.7. The minimum Gasteiger partial charge on any atom is -0.487 e. The number of amides is 1. The number of rotatable bonds is 8. The summed E-state index contributed by atoms with van der Waals surface area (Å²) < 4.78 is 11.0. The maximum absolute atomic E-state index is 12.1. The quantitative estimate of drug-likeness (QED) is 0.665. The Labute approximate surface area is 153 Å². The summed E-state index contributed by atoms with van der Waals surface area (Å²) in [6.45, 7) is 2.37. The first kappa shape index (κ1) is 17.7. The van der Waals surface area contributed by atoms with Crippen molar-refractivity contribution in [2.75, 3.05) is 0 Å². The number of carbonyl (C=O) groups excluding carboxylic acids is 1. The smallest absolute Gasteiger partial charge is 0.220 e. The molecule has 0 spiro atoms. The van der Waals surface area contributed by atoms with E-state index in [1.54, 1.807) is 12.5 Å². The van der Waals surface area contributed by atoms with E-state index < -0.39 is 0 Å². The van der Waals surface area contributed by atoms with E-state index in [1.165, 1.54) is 0 Å². The molecule has 0 bridgehead atoms. The third kappa shape index (κ3) is 5.21. The fourth-order valence-corrected chi connectivity index (χ4v) is 2.60. The van der Waals surface area contributed by atoms with Crippen molar-refractivity contribution in [3.05, 3.63) is 84.1 Å². The molecule has 0 fully saturated rings. The predicted molar refractivity (Wildman–Crippen MR) is 98.6 cm³/mol. The Morgan fingerprint density at radius 1 is 1.19 bits per heavy atom. The highest BCUT2D eigenvalue weighted by molar-refractivity contribution is 5.76. The van der Waals surface area contributed by atoms with Gasteiger partial charge in [0, 0.05) is 19.0 Å². The standard InChI is InChI=1S/C21H22N2O3/c1-16(23-21(24)11-10-19-9-5-13-25-19)17-6-4-8-20(14-17)26-15-18-7-2-3-12-22-18/h2-9,12-14,16H,10-11,15H2,1H3,(H,23,24)/t16-/m1/s1. The number of hydrogen-bond donors (Lipinski definition) is 1. The van der Waals surface area contributed by atoms with Crippen molar-refractivity contribution < 1.29 is 13.9 Å². The minimum absolute atomic E-state index is 0.00583. The number of hydrogen-bond acceptors (Lipinski definition) is 4.